The van der Waals surface area contributed by atoms with Crippen LogP contribution in [0, 0.1) is 12.8 Å². The van der Waals surface area contributed by atoms with Crippen LogP contribution in [0.5, 0.6) is 11.5 Å². The number of nitrogens with one attached hydrogen (secondary N) is 3. The maximum Gasteiger partial charge on any atom is 0.322 e. The monoisotopic (exact) mass is 427 g/mol. The number of hydrogen-bond acceptors (Lipinski definition) is 4. The Morgan fingerprint density at radius 1 is 1.13 bits per heavy atom. The lowest BCUT2D eigenvalue weighted by Crippen LogP contribution is -2.50. The highest BCUT2D eigenvalue weighted by atomic mass is 35.5. The maximum absolute atomic E-state index is 12.9. The fourth-order valence-electron chi connectivity index (χ4n) is 3.91. The second-order valence-electron chi connectivity index (χ2n) is 7.81. The fourth-order valence-corrected chi connectivity index (χ4v) is 4.08. The number of halogens is 1. The van der Waals surface area contributed by atoms with Gasteiger partial charge in [0.2, 0.25) is 5.91 Å². The van der Waals surface area contributed by atoms with Crippen LogP contribution in [0.25, 0.3) is 0 Å². The Labute approximate surface area is 179 Å². The van der Waals surface area contributed by atoms with Crippen molar-refractivity contribution in [2.45, 2.75) is 38.1 Å². The zero-order valence-electron chi connectivity index (χ0n) is 16.5. The van der Waals surface area contributed by atoms with E-state index in [1.807, 2.05) is 31.2 Å². The second kappa shape index (κ2) is 7.99. The minimum atomic E-state index is -0.885. The standard InChI is InChI=1S/C22H22ClN3O4/c1-13-2-5-16(6-3-13)30-18-7-4-15(23)12-17(18)24-19(27)14-8-10-22(11-9-14)20(28)25-21(29)26-22/h2-7,12,14H,8-11H2,1H3,(H,24,27)(H2,25,26,28,29). The van der Waals surface area contributed by atoms with E-state index in [2.05, 4.69) is 16.0 Å². The first-order chi connectivity index (χ1) is 14.3. The third kappa shape index (κ3) is 4.11. The molecule has 2 aromatic carbocycles. The molecule has 1 aliphatic carbocycles. The van der Waals surface area contributed by atoms with E-state index in [1.54, 1.807) is 18.2 Å². The van der Waals surface area contributed by atoms with Crippen molar-refractivity contribution in [3.8, 4) is 11.5 Å². The zero-order valence-corrected chi connectivity index (χ0v) is 17.2. The molecule has 1 aliphatic heterocycles. The number of imide groups is 1. The van der Waals surface area contributed by atoms with E-state index in [-0.39, 0.29) is 17.7 Å². The molecular weight excluding hydrogens is 406 g/mol. The Morgan fingerprint density at radius 2 is 1.83 bits per heavy atom. The van der Waals surface area contributed by atoms with Gasteiger partial charge in [0.1, 0.15) is 11.3 Å². The summed E-state index contributed by atoms with van der Waals surface area (Å²) in [4.78, 5) is 36.4. The van der Waals surface area contributed by atoms with E-state index >= 15 is 0 Å². The van der Waals surface area contributed by atoms with E-state index in [4.69, 9.17) is 16.3 Å². The first-order valence-electron chi connectivity index (χ1n) is 9.83. The van der Waals surface area contributed by atoms with Crippen molar-refractivity contribution >= 4 is 35.1 Å². The molecule has 0 radical (unpaired) electrons. The molecule has 2 fully saturated rings. The number of carbonyl (C=O) groups excluding carboxylic acids is 3. The summed E-state index contributed by atoms with van der Waals surface area (Å²) in [5, 5.41) is 8.38. The third-order valence-electron chi connectivity index (χ3n) is 5.67. The Kier molecular flexibility index (Phi) is 5.39. The van der Waals surface area contributed by atoms with E-state index < -0.39 is 11.6 Å². The summed E-state index contributed by atoms with van der Waals surface area (Å²) in [6.07, 6.45) is 1.83. The summed E-state index contributed by atoms with van der Waals surface area (Å²) in [6, 6.07) is 12.2. The molecule has 0 bridgehead atoms. The first kappa shape index (κ1) is 20.2. The van der Waals surface area contributed by atoms with Crippen LogP contribution < -0.4 is 20.7 Å². The molecule has 2 aliphatic rings. The van der Waals surface area contributed by atoms with Crippen LogP contribution in [-0.4, -0.2) is 23.4 Å². The molecule has 30 heavy (non-hydrogen) atoms. The number of urea groups is 1. The van der Waals surface area contributed by atoms with Crippen LogP contribution in [0.3, 0.4) is 0 Å². The van der Waals surface area contributed by atoms with Crippen molar-refractivity contribution in [1.29, 1.82) is 0 Å². The number of hydrogen-bond donors (Lipinski definition) is 3. The lowest BCUT2D eigenvalue weighted by Gasteiger charge is -2.33. The van der Waals surface area contributed by atoms with Gasteiger partial charge >= 0.3 is 6.03 Å². The van der Waals surface area contributed by atoms with Gasteiger partial charge in [0, 0.05) is 10.9 Å². The summed E-state index contributed by atoms with van der Waals surface area (Å²) in [5.74, 6) is 0.403. The van der Waals surface area contributed by atoms with Gasteiger partial charge in [-0.2, -0.15) is 0 Å². The van der Waals surface area contributed by atoms with Crippen LogP contribution in [-0.2, 0) is 9.59 Å². The topological polar surface area (TPSA) is 96.5 Å². The number of aryl methyl sites for hydroxylation is 1. The quantitative estimate of drug-likeness (QED) is 0.638. The number of anilines is 1. The van der Waals surface area contributed by atoms with Crippen molar-refractivity contribution in [2.24, 2.45) is 5.92 Å². The largest absolute Gasteiger partial charge is 0.455 e. The predicted octanol–water partition coefficient (Wildman–Crippen LogP) is 4.15. The Morgan fingerprint density at radius 3 is 2.47 bits per heavy atom. The molecule has 1 saturated carbocycles. The van der Waals surface area contributed by atoms with Crippen molar-refractivity contribution in [3.63, 3.8) is 0 Å². The molecule has 0 unspecified atom stereocenters. The number of amides is 4. The lowest BCUT2D eigenvalue weighted by molar-refractivity contribution is -0.128. The van der Waals surface area contributed by atoms with Crippen molar-refractivity contribution in [3.05, 3.63) is 53.1 Å². The fraction of sp³-hybridized carbons (Fsp3) is 0.318. The Hall–Kier alpha value is -3.06. The zero-order chi connectivity index (χ0) is 21.3. The molecule has 1 saturated heterocycles. The number of ether oxygens (including phenoxy) is 1. The molecular formula is C22H22ClN3O4. The molecule has 156 valence electrons. The average Bonchev–Trinajstić information content (AvgIpc) is 2.98. The van der Waals surface area contributed by atoms with Crippen LogP contribution in [0.1, 0.15) is 31.2 Å². The lowest BCUT2D eigenvalue weighted by atomic mass is 9.76. The van der Waals surface area contributed by atoms with Crippen LogP contribution in [0.2, 0.25) is 5.02 Å². The van der Waals surface area contributed by atoms with Gasteiger partial charge in [0.05, 0.1) is 5.69 Å². The van der Waals surface area contributed by atoms with Gasteiger partial charge in [-0.15, -0.1) is 0 Å². The molecule has 7 nitrogen and oxygen atoms in total. The summed E-state index contributed by atoms with van der Waals surface area (Å²) >= 11 is 6.13. The minimum absolute atomic E-state index is 0.161. The maximum atomic E-state index is 12.9. The molecule has 3 N–H and O–H groups in total. The Balaban J connectivity index is 1.44. The van der Waals surface area contributed by atoms with Crippen LogP contribution in [0.4, 0.5) is 10.5 Å². The van der Waals surface area contributed by atoms with E-state index in [0.29, 0.717) is 47.9 Å². The Bertz CT molecular complexity index is 998. The summed E-state index contributed by atoms with van der Waals surface area (Å²) in [7, 11) is 0. The van der Waals surface area contributed by atoms with Gasteiger partial charge in [-0.3, -0.25) is 14.9 Å². The minimum Gasteiger partial charge on any atom is -0.455 e. The van der Waals surface area contributed by atoms with E-state index in [1.165, 1.54) is 0 Å². The van der Waals surface area contributed by atoms with Gasteiger partial charge < -0.3 is 15.4 Å². The van der Waals surface area contributed by atoms with Crippen LogP contribution >= 0.6 is 11.6 Å². The van der Waals surface area contributed by atoms with Gasteiger partial charge in [-0.25, -0.2) is 4.79 Å². The molecule has 1 heterocycles. The second-order valence-corrected chi connectivity index (χ2v) is 8.25. The summed E-state index contributed by atoms with van der Waals surface area (Å²) < 4.78 is 5.94. The number of rotatable bonds is 4. The van der Waals surface area contributed by atoms with E-state index in [0.717, 1.165) is 5.56 Å². The third-order valence-corrected chi connectivity index (χ3v) is 5.91. The average molecular weight is 428 g/mol. The van der Waals surface area contributed by atoms with Crippen molar-refractivity contribution < 1.29 is 19.1 Å². The number of carbonyl (C=O) groups is 3. The summed E-state index contributed by atoms with van der Waals surface area (Å²) in [6.45, 7) is 1.99. The first-order valence-corrected chi connectivity index (χ1v) is 10.2. The highest BCUT2D eigenvalue weighted by Crippen LogP contribution is 2.37. The molecule has 1 spiro atoms. The molecule has 4 amide bonds. The van der Waals surface area contributed by atoms with E-state index in [9.17, 15) is 14.4 Å². The van der Waals surface area contributed by atoms with Gasteiger partial charge in [0.25, 0.3) is 5.91 Å². The van der Waals surface area contributed by atoms with Crippen LogP contribution in [0.15, 0.2) is 42.5 Å². The molecule has 8 heteroatoms. The predicted molar refractivity (Wildman–Crippen MR) is 113 cm³/mol. The SMILES string of the molecule is Cc1ccc(Oc2ccc(Cl)cc2NC(=O)C2CCC3(CC2)NC(=O)NC3=O)cc1. The molecule has 0 aromatic heterocycles. The summed E-state index contributed by atoms with van der Waals surface area (Å²) in [5.41, 5.74) is 0.721. The van der Waals surface area contributed by atoms with Gasteiger partial charge in [-0.1, -0.05) is 29.3 Å². The van der Waals surface area contributed by atoms with Gasteiger partial charge in [0.15, 0.2) is 5.75 Å². The number of benzene rings is 2. The van der Waals surface area contributed by atoms with Crippen molar-refractivity contribution in [2.75, 3.05) is 5.32 Å². The normalized spacial score (nSPS) is 23.1. The highest BCUT2D eigenvalue weighted by molar-refractivity contribution is 6.31. The molecule has 4 rings (SSSR count). The van der Waals surface area contributed by atoms with Gasteiger partial charge in [-0.05, 0) is 62.9 Å². The van der Waals surface area contributed by atoms with Crippen molar-refractivity contribution in [1.82, 2.24) is 10.6 Å². The molecule has 0 atom stereocenters. The molecule has 2 aromatic rings. The highest BCUT2D eigenvalue weighted by Gasteiger charge is 2.48. The smallest absolute Gasteiger partial charge is 0.322 e.